The van der Waals surface area contributed by atoms with Crippen LogP contribution in [0.4, 0.5) is 21.7 Å². The fourth-order valence-corrected chi connectivity index (χ4v) is 1.64. The molecule has 0 saturated heterocycles. The quantitative estimate of drug-likeness (QED) is 0.867. The molecule has 0 unspecified atom stereocenters. The van der Waals surface area contributed by atoms with Crippen molar-refractivity contribution < 1.29 is 9.13 Å². The Bertz CT molecular complexity index is 562. The van der Waals surface area contributed by atoms with Crippen LogP contribution in [-0.2, 0) is 0 Å². The predicted octanol–water partition coefficient (Wildman–Crippen LogP) is 2.80. The van der Waals surface area contributed by atoms with Crippen molar-refractivity contribution >= 4 is 17.3 Å². The van der Waals surface area contributed by atoms with Gasteiger partial charge in [-0.15, -0.1) is 0 Å². The lowest BCUT2D eigenvalue weighted by Crippen LogP contribution is -2.06. The maximum absolute atomic E-state index is 13.6. The lowest BCUT2D eigenvalue weighted by atomic mass is 10.3. The van der Waals surface area contributed by atoms with Crippen LogP contribution >= 0.6 is 0 Å². The zero-order chi connectivity index (χ0) is 13.7. The van der Waals surface area contributed by atoms with Crippen LogP contribution in [-0.4, -0.2) is 23.6 Å². The molecule has 2 N–H and O–H groups in total. The number of anilines is 3. The summed E-state index contributed by atoms with van der Waals surface area (Å²) < 4.78 is 18.9. The zero-order valence-electron chi connectivity index (χ0n) is 10.8. The average Bonchev–Trinajstić information content (AvgIpc) is 2.42. The average molecular weight is 262 g/mol. The van der Waals surface area contributed by atoms with Crippen LogP contribution in [0, 0.1) is 5.82 Å². The summed E-state index contributed by atoms with van der Waals surface area (Å²) in [5, 5.41) is 5.96. The Balaban J connectivity index is 2.35. The number of benzene rings is 1. The van der Waals surface area contributed by atoms with Gasteiger partial charge in [-0.1, -0.05) is 12.1 Å². The van der Waals surface area contributed by atoms with Crippen molar-refractivity contribution in [2.45, 2.75) is 6.92 Å². The van der Waals surface area contributed by atoms with E-state index in [4.69, 9.17) is 4.74 Å². The number of nitrogens with zero attached hydrogens (tertiary/aromatic N) is 2. The molecular weight excluding hydrogens is 247 g/mol. The standard InChI is InChI=1S/C13H15FN4O/c1-3-15-12-11(19-2)13(17-8-16-12)18-10-7-5-4-6-9(10)14/h4-8H,3H2,1-2H3,(H2,15,16,17,18). The minimum absolute atomic E-state index is 0.335. The van der Waals surface area contributed by atoms with E-state index in [1.807, 2.05) is 6.92 Å². The molecule has 2 aromatic rings. The lowest BCUT2D eigenvalue weighted by molar-refractivity contribution is 0.415. The van der Waals surface area contributed by atoms with Gasteiger partial charge in [-0.05, 0) is 19.1 Å². The topological polar surface area (TPSA) is 59.1 Å². The predicted molar refractivity (Wildman–Crippen MR) is 72.4 cm³/mol. The Labute approximate surface area is 110 Å². The number of aromatic nitrogens is 2. The molecule has 0 aliphatic heterocycles. The lowest BCUT2D eigenvalue weighted by Gasteiger charge is -2.13. The Morgan fingerprint density at radius 3 is 2.63 bits per heavy atom. The normalized spacial score (nSPS) is 10.1. The Morgan fingerprint density at radius 1 is 1.21 bits per heavy atom. The van der Waals surface area contributed by atoms with Gasteiger partial charge in [0.2, 0.25) is 5.75 Å². The molecule has 0 bridgehead atoms. The van der Waals surface area contributed by atoms with Gasteiger partial charge in [0.1, 0.15) is 12.1 Å². The second kappa shape index (κ2) is 5.99. The zero-order valence-corrected chi connectivity index (χ0v) is 10.8. The number of halogens is 1. The number of rotatable bonds is 5. The van der Waals surface area contributed by atoms with Crippen molar-refractivity contribution in [1.29, 1.82) is 0 Å². The molecule has 0 fully saturated rings. The molecule has 0 aliphatic carbocycles. The summed E-state index contributed by atoms with van der Waals surface area (Å²) in [4.78, 5) is 8.16. The molecule has 0 spiro atoms. The van der Waals surface area contributed by atoms with E-state index in [-0.39, 0.29) is 5.82 Å². The minimum atomic E-state index is -0.354. The molecule has 0 amide bonds. The number of para-hydroxylation sites is 1. The first-order chi connectivity index (χ1) is 9.26. The van der Waals surface area contributed by atoms with Crippen molar-refractivity contribution in [2.24, 2.45) is 0 Å². The molecular formula is C13H15FN4O. The van der Waals surface area contributed by atoms with E-state index in [0.717, 1.165) is 0 Å². The highest BCUT2D eigenvalue weighted by atomic mass is 19.1. The molecule has 5 nitrogen and oxygen atoms in total. The van der Waals surface area contributed by atoms with Crippen molar-refractivity contribution in [1.82, 2.24) is 9.97 Å². The third kappa shape index (κ3) is 2.90. The summed E-state index contributed by atoms with van der Waals surface area (Å²) >= 11 is 0. The molecule has 0 atom stereocenters. The van der Waals surface area contributed by atoms with Crippen LogP contribution in [0.2, 0.25) is 0 Å². The summed E-state index contributed by atoms with van der Waals surface area (Å²) in [6.07, 6.45) is 1.39. The van der Waals surface area contributed by atoms with Gasteiger partial charge in [-0.25, -0.2) is 14.4 Å². The van der Waals surface area contributed by atoms with E-state index in [1.54, 1.807) is 18.2 Å². The highest BCUT2D eigenvalue weighted by Gasteiger charge is 2.12. The Hall–Kier alpha value is -2.37. The molecule has 1 aromatic heterocycles. The molecule has 100 valence electrons. The van der Waals surface area contributed by atoms with Crippen LogP contribution in [0.5, 0.6) is 5.75 Å². The Kier molecular flexibility index (Phi) is 4.12. The van der Waals surface area contributed by atoms with E-state index in [2.05, 4.69) is 20.6 Å². The highest BCUT2D eigenvalue weighted by molar-refractivity contribution is 5.69. The second-order valence-corrected chi connectivity index (χ2v) is 3.74. The molecule has 0 aliphatic rings. The van der Waals surface area contributed by atoms with Gasteiger partial charge in [-0.2, -0.15) is 0 Å². The molecule has 0 saturated carbocycles. The third-order valence-electron chi connectivity index (χ3n) is 2.48. The van der Waals surface area contributed by atoms with Crippen molar-refractivity contribution in [2.75, 3.05) is 24.3 Å². The smallest absolute Gasteiger partial charge is 0.204 e. The maximum atomic E-state index is 13.6. The summed E-state index contributed by atoms with van der Waals surface area (Å²) in [6.45, 7) is 2.65. The number of hydrogen-bond acceptors (Lipinski definition) is 5. The second-order valence-electron chi connectivity index (χ2n) is 3.74. The van der Waals surface area contributed by atoms with Crippen LogP contribution in [0.15, 0.2) is 30.6 Å². The van der Waals surface area contributed by atoms with Gasteiger partial charge >= 0.3 is 0 Å². The SMILES string of the molecule is CCNc1ncnc(Nc2ccccc2F)c1OC. The molecule has 0 radical (unpaired) electrons. The molecule has 19 heavy (non-hydrogen) atoms. The van der Waals surface area contributed by atoms with Crippen molar-refractivity contribution in [3.63, 3.8) is 0 Å². The molecule has 6 heteroatoms. The monoisotopic (exact) mass is 262 g/mol. The Morgan fingerprint density at radius 2 is 1.95 bits per heavy atom. The van der Waals surface area contributed by atoms with Crippen LogP contribution < -0.4 is 15.4 Å². The van der Waals surface area contributed by atoms with E-state index >= 15 is 0 Å². The number of hydrogen-bond donors (Lipinski definition) is 2. The first-order valence-electron chi connectivity index (χ1n) is 5.90. The minimum Gasteiger partial charge on any atom is -0.490 e. The first kappa shape index (κ1) is 13.1. The van der Waals surface area contributed by atoms with Gasteiger partial charge in [0.05, 0.1) is 12.8 Å². The van der Waals surface area contributed by atoms with Crippen LogP contribution in [0.3, 0.4) is 0 Å². The summed E-state index contributed by atoms with van der Waals surface area (Å²) in [5.41, 5.74) is 0.335. The van der Waals surface area contributed by atoms with E-state index in [9.17, 15) is 4.39 Å². The van der Waals surface area contributed by atoms with Gasteiger partial charge in [0.25, 0.3) is 0 Å². The largest absolute Gasteiger partial charge is 0.490 e. The number of ether oxygens (including phenoxy) is 1. The van der Waals surface area contributed by atoms with Gasteiger partial charge in [0, 0.05) is 6.54 Å². The van der Waals surface area contributed by atoms with E-state index < -0.39 is 0 Å². The van der Waals surface area contributed by atoms with Crippen molar-refractivity contribution in [3.05, 3.63) is 36.4 Å². The summed E-state index contributed by atoms with van der Waals surface area (Å²) in [7, 11) is 1.52. The van der Waals surface area contributed by atoms with Crippen LogP contribution in [0.1, 0.15) is 6.92 Å². The third-order valence-corrected chi connectivity index (χ3v) is 2.48. The number of nitrogens with one attached hydrogen (secondary N) is 2. The fourth-order valence-electron chi connectivity index (χ4n) is 1.64. The maximum Gasteiger partial charge on any atom is 0.204 e. The van der Waals surface area contributed by atoms with E-state index in [0.29, 0.717) is 29.6 Å². The summed E-state index contributed by atoms with van der Waals surface area (Å²) in [6, 6.07) is 6.37. The fraction of sp³-hybridized carbons (Fsp3) is 0.231. The van der Waals surface area contributed by atoms with Gasteiger partial charge in [0.15, 0.2) is 11.6 Å². The molecule has 2 rings (SSSR count). The molecule has 1 aromatic carbocycles. The van der Waals surface area contributed by atoms with E-state index in [1.165, 1.54) is 19.5 Å². The van der Waals surface area contributed by atoms with Crippen LogP contribution in [0.25, 0.3) is 0 Å². The molecule has 1 heterocycles. The van der Waals surface area contributed by atoms with Gasteiger partial charge in [-0.3, -0.25) is 0 Å². The van der Waals surface area contributed by atoms with Gasteiger partial charge < -0.3 is 15.4 Å². The first-order valence-corrected chi connectivity index (χ1v) is 5.90. The number of methoxy groups -OCH3 is 1. The highest BCUT2D eigenvalue weighted by Crippen LogP contribution is 2.31. The van der Waals surface area contributed by atoms with Crippen molar-refractivity contribution in [3.8, 4) is 5.75 Å². The summed E-state index contributed by atoms with van der Waals surface area (Å²) in [5.74, 6) is 1.08.